The molecule has 0 fully saturated rings. The summed E-state index contributed by atoms with van der Waals surface area (Å²) in [5.74, 6) is 1.60. The van der Waals surface area contributed by atoms with E-state index in [0.29, 0.717) is 18.2 Å². The molecule has 2 aromatic carbocycles. The van der Waals surface area contributed by atoms with Crippen molar-refractivity contribution in [1.82, 2.24) is 9.55 Å². The van der Waals surface area contributed by atoms with Crippen LogP contribution in [0, 0.1) is 0 Å². The van der Waals surface area contributed by atoms with E-state index in [1.807, 2.05) is 59.3 Å². The summed E-state index contributed by atoms with van der Waals surface area (Å²) in [4.78, 5) is 4.06. The average Bonchev–Trinajstić information content (AvgIpc) is 3.17. The van der Waals surface area contributed by atoms with E-state index in [9.17, 15) is 0 Å². The lowest BCUT2D eigenvalue weighted by Gasteiger charge is -2.14. The zero-order valence-electron chi connectivity index (χ0n) is 13.8. The van der Waals surface area contributed by atoms with Crippen molar-refractivity contribution in [3.8, 4) is 11.5 Å². The molecule has 1 aromatic heterocycles. The number of hydrogen-bond donors (Lipinski definition) is 0. The first-order chi connectivity index (χ1) is 12.2. The molecule has 3 aromatic rings. The fraction of sp³-hybridized carbons (Fsp3) is 0.150. The van der Waals surface area contributed by atoms with Gasteiger partial charge in [0.2, 0.25) is 0 Å². The smallest absolute Gasteiger partial charge is 0.128 e. The van der Waals surface area contributed by atoms with Gasteiger partial charge in [-0.05, 0) is 36.4 Å². The highest BCUT2D eigenvalue weighted by molar-refractivity contribution is 6.30. The monoisotopic (exact) mass is 354 g/mol. The summed E-state index contributed by atoms with van der Waals surface area (Å²) in [5, 5.41) is 0.699. The number of nitrogens with zero attached hydrogens (tertiary/aromatic N) is 2. The summed E-state index contributed by atoms with van der Waals surface area (Å²) in [6.45, 7) is 5.26. The van der Waals surface area contributed by atoms with Crippen LogP contribution in [0.3, 0.4) is 0 Å². The van der Waals surface area contributed by atoms with E-state index in [2.05, 4.69) is 11.6 Å². The SMILES string of the molecule is C=C(c1ccccc1OCCCOc1ccc(Cl)cc1)n1ccnc1. The van der Waals surface area contributed by atoms with Gasteiger partial charge >= 0.3 is 0 Å². The molecule has 0 aliphatic carbocycles. The highest BCUT2D eigenvalue weighted by atomic mass is 35.5. The molecule has 0 amide bonds. The Hall–Kier alpha value is -2.72. The minimum atomic E-state index is 0.557. The molecule has 5 heteroatoms. The lowest BCUT2D eigenvalue weighted by atomic mass is 10.1. The van der Waals surface area contributed by atoms with Crippen LogP contribution in [0.1, 0.15) is 12.0 Å². The molecule has 0 unspecified atom stereocenters. The molecule has 0 radical (unpaired) electrons. The molecule has 128 valence electrons. The average molecular weight is 355 g/mol. The fourth-order valence-electron chi connectivity index (χ4n) is 2.35. The van der Waals surface area contributed by atoms with Crippen LogP contribution in [-0.4, -0.2) is 22.8 Å². The largest absolute Gasteiger partial charge is 0.493 e. The van der Waals surface area contributed by atoms with Gasteiger partial charge < -0.3 is 14.0 Å². The second-order valence-electron chi connectivity index (χ2n) is 5.42. The number of halogens is 1. The molecule has 1 heterocycles. The van der Waals surface area contributed by atoms with E-state index >= 15 is 0 Å². The molecule has 4 nitrogen and oxygen atoms in total. The summed E-state index contributed by atoms with van der Waals surface area (Å²) < 4.78 is 13.5. The molecular weight excluding hydrogens is 336 g/mol. The lowest BCUT2D eigenvalue weighted by Crippen LogP contribution is -2.06. The molecule has 0 saturated heterocycles. The predicted molar refractivity (Wildman–Crippen MR) is 100 cm³/mol. The van der Waals surface area contributed by atoms with Crippen molar-refractivity contribution in [3.63, 3.8) is 0 Å². The molecule has 3 rings (SSSR count). The van der Waals surface area contributed by atoms with Gasteiger partial charge in [0.25, 0.3) is 0 Å². The second kappa shape index (κ2) is 8.40. The van der Waals surface area contributed by atoms with Gasteiger partial charge in [-0.15, -0.1) is 0 Å². The third-order valence-electron chi connectivity index (χ3n) is 3.64. The van der Waals surface area contributed by atoms with Gasteiger partial charge in [0.1, 0.15) is 11.5 Å². The molecule has 25 heavy (non-hydrogen) atoms. The van der Waals surface area contributed by atoms with Gasteiger partial charge in [-0.2, -0.15) is 0 Å². The van der Waals surface area contributed by atoms with E-state index in [4.69, 9.17) is 21.1 Å². The third-order valence-corrected chi connectivity index (χ3v) is 3.89. The van der Waals surface area contributed by atoms with Crippen LogP contribution in [0.2, 0.25) is 5.02 Å². The molecular formula is C20H19ClN2O2. The topological polar surface area (TPSA) is 36.3 Å². The molecule has 0 spiro atoms. The first-order valence-corrected chi connectivity index (χ1v) is 8.39. The Bertz CT molecular complexity index is 814. The van der Waals surface area contributed by atoms with E-state index < -0.39 is 0 Å². The van der Waals surface area contributed by atoms with Crippen LogP contribution in [0.25, 0.3) is 5.70 Å². The highest BCUT2D eigenvalue weighted by Gasteiger charge is 2.08. The van der Waals surface area contributed by atoms with Crippen LogP contribution < -0.4 is 9.47 Å². The van der Waals surface area contributed by atoms with E-state index in [0.717, 1.165) is 29.2 Å². The lowest BCUT2D eigenvalue weighted by molar-refractivity contribution is 0.247. The van der Waals surface area contributed by atoms with Crippen molar-refractivity contribution in [1.29, 1.82) is 0 Å². The van der Waals surface area contributed by atoms with Crippen LogP contribution in [0.15, 0.2) is 73.8 Å². The van der Waals surface area contributed by atoms with E-state index in [1.165, 1.54) is 0 Å². The third kappa shape index (κ3) is 4.64. The van der Waals surface area contributed by atoms with Gasteiger partial charge in [-0.3, -0.25) is 0 Å². The van der Waals surface area contributed by atoms with Crippen molar-refractivity contribution >= 4 is 17.3 Å². The number of ether oxygens (including phenoxy) is 2. The number of benzene rings is 2. The van der Waals surface area contributed by atoms with Crippen LogP contribution >= 0.6 is 11.6 Å². The Labute approximate surface area is 152 Å². The number of hydrogen-bond acceptors (Lipinski definition) is 3. The van der Waals surface area contributed by atoms with E-state index in [-0.39, 0.29) is 0 Å². The highest BCUT2D eigenvalue weighted by Crippen LogP contribution is 2.26. The Morgan fingerprint density at radius 1 is 1.04 bits per heavy atom. The Balaban J connectivity index is 1.51. The number of para-hydroxylation sites is 1. The van der Waals surface area contributed by atoms with Crippen molar-refractivity contribution < 1.29 is 9.47 Å². The minimum Gasteiger partial charge on any atom is -0.493 e. The molecule has 0 aliphatic rings. The van der Waals surface area contributed by atoms with Gasteiger partial charge in [0.05, 0.1) is 25.2 Å². The Morgan fingerprint density at radius 2 is 1.80 bits per heavy atom. The summed E-state index contributed by atoms with van der Waals surface area (Å²) in [6, 6.07) is 15.2. The minimum absolute atomic E-state index is 0.557. The van der Waals surface area contributed by atoms with Crippen molar-refractivity contribution in [3.05, 3.63) is 84.4 Å². The first kappa shape index (κ1) is 17.1. The van der Waals surface area contributed by atoms with E-state index in [1.54, 1.807) is 12.5 Å². The number of rotatable bonds is 8. The maximum absolute atomic E-state index is 5.92. The molecule has 0 N–H and O–H groups in total. The zero-order valence-corrected chi connectivity index (χ0v) is 14.5. The molecule has 0 bridgehead atoms. The fourth-order valence-corrected chi connectivity index (χ4v) is 2.48. The molecule has 0 atom stereocenters. The summed E-state index contributed by atoms with van der Waals surface area (Å²) in [7, 11) is 0. The quantitative estimate of drug-likeness (QED) is 0.539. The van der Waals surface area contributed by atoms with Gasteiger partial charge in [-0.1, -0.05) is 30.3 Å². The van der Waals surface area contributed by atoms with Crippen LogP contribution in [0.5, 0.6) is 11.5 Å². The second-order valence-corrected chi connectivity index (χ2v) is 5.85. The normalized spacial score (nSPS) is 10.4. The predicted octanol–water partition coefficient (Wildman–Crippen LogP) is 4.90. The summed E-state index contributed by atoms with van der Waals surface area (Å²) in [6.07, 6.45) is 6.08. The van der Waals surface area contributed by atoms with Crippen molar-refractivity contribution in [2.24, 2.45) is 0 Å². The maximum atomic E-state index is 5.92. The Kier molecular flexibility index (Phi) is 5.75. The van der Waals surface area contributed by atoms with Crippen molar-refractivity contribution in [2.45, 2.75) is 6.42 Å². The standard InChI is InChI=1S/C20H19ClN2O2/c1-16(23-12-11-22-15-23)19-5-2-3-6-20(19)25-14-4-13-24-18-9-7-17(21)8-10-18/h2-3,5-12,15H,1,4,13-14H2. The number of imidazole rings is 1. The number of aromatic nitrogens is 2. The first-order valence-electron chi connectivity index (χ1n) is 8.02. The molecule has 0 aliphatic heterocycles. The van der Waals surface area contributed by atoms with Gasteiger partial charge in [0.15, 0.2) is 0 Å². The zero-order chi connectivity index (χ0) is 17.5. The van der Waals surface area contributed by atoms with Gasteiger partial charge in [0, 0.05) is 29.4 Å². The molecule has 0 saturated carbocycles. The summed E-state index contributed by atoms with van der Waals surface area (Å²) >= 11 is 5.85. The van der Waals surface area contributed by atoms with Crippen molar-refractivity contribution in [2.75, 3.05) is 13.2 Å². The Morgan fingerprint density at radius 3 is 2.56 bits per heavy atom. The summed E-state index contributed by atoms with van der Waals surface area (Å²) in [5.41, 5.74) is 1.77. The van der Waals surface area contributed by atoms with Crippen LogP contribution in [0.4, 0.5) is 0 Å². The van der Waals surface area contributed by atoms with Gasteiger partial charge in [-0.25, -0.2) is 4.98 Å². The maximum Gasteiger partial charge on any atom is 0.128 e. The van der Waals surface area contributed by atoms with Crippen LogP contribution in [-0.2, 0) is 0 Å².